The quantitative estimate of drug-likeness (QED) is 0.880. The number of alkyl halides is 3. The van der Waals surface area contributed by atoms with E-state index in [0.29, 0.717) is 5.69 Å². The van der Waals surface area contributed by atoms with Crippen LogP contribution in [0.15, 0.2) is 16.6 Å². The normalized spacial score (nSPS) is 11.4. The van der Waals surface area contributed by atoms with Gasteiger partial charge in [-0.1, -0.05) is 15.9 Å². The van der Waals surface area contributed by atoms with Crippen LogP contribution in [0, 0.1) is 13.8 Å². The molecule has 0 aliphatic carbocycles. The maximum Gasteiger partial charge on any atom is 0.389 e. The van der Waals surface area contributed by atoms with E-state index in [1.807, 2.05) is 13.8 Å². The third kappa shape index (κ3) is 4.68. The van der Waals surface area contributed by atoms with Gasteiger partial charge >= 0.3 is 6.18 Å². The highest BCUT2D eigenvalue weighted by molar-refractivity contribution is 9.10. The molecular formula is C12H13BrF3NO. The molecule has 6 heteroatoms. The number of rotatable bonds is 3. The Morgan fingerprint density at radius 3 is 2.22 bits per heavy atom. The van der Waals surface area contributed by atoms with Crippen LogP contribution in [-0.4, -0.2) is 12.1 Å². The minimum absolute atomic E-state index is 0.514. The van der Waals surface area contributed by atoms with Gasteiger partial charge in [-0.15, -0.1) is 0 Å². The molecule has 1 amide bonds. The van der Waals surface area contributed by atoms with E-state index >= 15 is 0 Å². The Morgan fingerprint density at radius 2 is 1.78 bits per heavy atom. The maximum atomic E-state index is 11.9. The summed E-state index contributed by atoms with van der Waals surface area (Å²) >= 11 is 3.37. The van der Waals surface area contributed by atoms with Crippen LogP contribution in [-0.2, 0) is 4.79 Å². The first-order valence-electron chi connectivity index (χ1n) is 5.32. The average Bonchev–Trinajstić information content (AvgIpc) is 2.22. The van der Waals surface area contributed by atoms with Gasteiger partial charge in [0.05, 0.1) is 6.42 Å². The van der Waals surface area contributed by atoms with Crippen molar-refractivity contribution >= 4 is 27.5 Å². The Hall–Kier alpha value is -1.04. The molecule has 1 rings (SSSR count). The Labute approximate surface area is 112 Å². The number of nitrogens with one attached hydrogen (secondary N) is 1. The van der Waals surface area contributed by atoms with Crippen LogP contribution in [0.4, 0.5) is 18.9 Å². The minimum Gasteiger partial charge on any atom is -0.326 e. The summed E-state index contributed by atoms with van der Waals surface area (Å²) < 4.78 is 36.8. The summed E-state index contributed by atoms with van der Waals surface area (Å²) in [7, 11) is 0. The number of anilines is 1. The molecule has 0 atom stereocenters. The lowest BCUT2D eigenvalue weighted by Gasteiger charge is -2.10. The molecule has 0 heterocycles. The van der Waals surface area contributed by atoms with Crippen molar-refractivity contribution < 1.29 is 18.0 Å². The van der Waals surface area contributed by atoms with Crippen molar-refractivity contribution in [1.82, 2.24) is 0 Å². The van der Waals surface area contributed by atoms with Gasteiger partial charge < -0.3 is 5.32 Å². The molecule has 0 fully saturated rings. The van der Waals surface area contributed by atoms with Crippen molar-refractivity contribution in [2.45, 2.75) is 32.9 Å². The van der Waals surface area contributed by atoms with Crippen LogP contribution in [0.5, 0.6) is 0 Å². The van der Waals surface area contributed by atoms with Gasteiger partial charge in [-0.2, -0.15) is 13.2 Å². The molecule has 1 aromatic rings. The van der Waals surface area contributed by atoms with Gasteiger partial charge in [0, 0.05) is 16.6 Å². The number of carbonyl (C=O) groups excluding carboxylic acids is 1. The van der Waals surface area contributed by atoms with Gasteiger partial charge in [-0.3, -0.25) is 4.79 Å². The SMILES string of the molecule is Cc1cc(NC(=O)CCC(F)(F)F)cc(C)c1Br. The van der Waals surface area contributed by atoms with Gasteiger partial charge in [0.15, 0.2) is 0 Å². The molecule has 0 saturated carbocycles. The molecule has 0 radical (unpaired) electrons. The highest BCUT2D eigenvalue weighted by atomic mass is 79.9. The molecule has 0 saturated heterocycles. The molecule has 0 bridgehead atoms. The average molecular weight is 324 g/mol. The van der Waals surface area contributed by atoms with E-state index < -0.39 is 24.9 Å². The summed E-state index contributed by atoms with van der Waals surface area (Å²) in [5.74, 6) is -0.631. The maximum absolute atomic E-state index is 11.9. The molecule has 100 valence electrons. The first-order valence-corrected chi connectivity index (χ1v) is 6.11. The standard InChI is InChI=1S/C12H13BrF3NO/c1-7-5-9(6-8(2)11(7)13)17-10(18)3-4-12(14,15)16/h5-6H,3-4H2,1-2H3,(H,17,18). The second-order valence-corrected chi connectivity index (χ2v) is 4.88. The molecule has 18 heavy (non-hydrogen) atoms. The summed E-state index contributed by atoms with van der Waals surface area (Å²) in [6.07, 6.45) is -5.96. The van der Waals surface area contributed by atoms with Crippen LogP contribution in [0.1, 0.15) is 24.0 Å². The smallest absolute Gasteiger partial charge is 0.326 e. The summed E-state index contributed by atoms with van der Waals surface area (Å²) in [6.45, 7) is 3.70. The van der Waals surface area contributed by atoms with E-state index in [1.165, 1.54) is 0 Å². The number of aryl methyl sites for hydroxylation is 2. The van der Waals surface area contributed by atoms with Crippen LogP contribution in [0.2, 0.25) is 0 Å². The molecule has 1 N–H and O–H groups in total. The van der Waals surface area contributed by atoms with Crippen molar-refractivity contribution in [3.05, 3.63) is 27.7 Å². The third-order valence-electron chi connectivity index (χ3n) is 2.36. The topological polar surface area (TPSA) is 29.1 Å². The van der Waals surface area contributed by atoms with Crippen LogP contribution in [0.25, 0.3) is 0 Å². The second kappa shape index (κ2) is 5.73. The van der Waals surface area contributed by atoms with Gasteiger partial charge in [0.2, 0.25) is 5.91 Å². The van der Waals surface area contributed by atoms with Gasteiger partial charge in [-0.05, 0) is 37.1 Å². The summed E-state index contributed by atoms with van der Waals surface area (Å²) in [4.78, 5) is 11.3. The lowest BCUT2D eigenvalue weighted by Crippen LogP contribution is -2.16. The van der Waals surface area contributed by atoms with Crippen molar-refractivity contribution in [1.29, 1.82) is 0 Å². The van der Waals surface area contributed by atoms with Crippen LogP contribution >= 0.6 is 15.9 Å². The number of amides is 1. The first kappa shape index (κ1) is 15.0. The number of benzene rings is 1. The predicted octanol–water partition coefficient (Wildman–Crippen LogP) is 4.35. The number of halogens is 4. The zero-order chi connectivity index (χ0) is 13.9. The fourth-order valence-electron chi connectivity index (χ4n) is 1.50. The summed E-state index contributed by atoms with van der Waals surface area (Å²) in [5, 5.41) is 2.46. The second-order valence-electron chi connectivity index (χ2n) is 4.09. The van der Waals surface area contributed by atoms with E-state index in [2.05, 4.69) is 21.2 Å². The zero-order valence-electron chi connectivity index (χ0n) is 9.99. The molecule has 0 unspecified atom stereocenters. The Bertz CT molecular complexity index is 434. The van der Waals surface area contributed by atoms with Crippen molar-refractivity contribution in [3.63, 3.8) is 0 Å². The predicted molar refractivity (Wildman–Crippen MR) is 67.5 cm³/mol. The monoisotopic (exact) mass is 323 g/mol. The number of hydrogen-bond donors (Lipinski definition) is 1. The summed E-state index contributed by atoms with van der Waals surface area (Å²) in [5.41, 5.74) is 2.35. The molecule has 2 nitrogen and oxygen atoms in total. The molecule has 1 aromatic carbocycles. The van der Waals surface area contributed by atoms with E-state index in [-0.39, 0.29) is 0 Å². The summed E-state index contributed by atoms with van der Waals surface area (Å²) in [6, 6.07) is 3.42. The number of carbonyl (C=O) groups is 1. The Morgan fingerprint density at radius 1 is 1.28 bits per heavy atom. The molecule has 0 aromatic heterocycles. The lowest BCUT2D eigenvalue weighted by molar-refractivity contribution is -0.142. The van der Waals surface area contributed by atoms with E-state index in [4.69, 9.17) is 0 Å². The Kier molecular flexibility index (Phi) is 4.78. The first-order chi connectivity index (χ1) is 8.19. The molecule has 0 aliphatic rings. The van der Waals surface area contributed by atoms with Crippen molar-refractivity contribution in [3.8, 4) is 0 Å². The molecule has 0 aliphatic heterocycles. The largest absolute Gasteiger partial charge is 0.389 e. The van der Waals surface area contributed by atoms with E-state index in [0.717, 1.165) is 15.6 Å². The highest BCUT2D eigenvalue weighted by Gasteiger charge is 2.27. The minimum atomic E-state index is -4.30. The fraction of sp³-hybridized carbons (Fsp3) is 0.417. The van der Waals surface area contributed by atoms with Crippen LogP contribution in [0.3, 0.4) is 0 Å². The number of hydrogen-bond acceptors (Lipinski definition) is 1. The fourth-order valence-corrected chi connectivity index (χ4v) is 1.73. The molecule has 0 spiro atoms. The molecular weight excluding hydrogens is 311 g/mol. The van der Waals surface area contributed by atoms with Gasteiger partial charge in [0.25, 0.3) is 0 Å². The van der Waals surface area contributed by atoms with E-state index in [9.17, 15) is 18.0 Å². The van der Waals surface area contributed by atoms with E-state index in [1.54, 1.807) is 12.1 Å². The zero-order valence-corrected chi connectivity index (χ0v) is 11.6. The van der Waals surface area contributed by atoms with Gasteiger partial charge in [0.1, 0.15) is 0 Å². The van der Waals surface area contributed by atoms with Crippen molar-refractivity contribution in [2.24, 2.45) is 0 Å². The highest BCUT2D eigenvalue weighted by Crippen LogP contribution is 2.26. The van der Waals surface area contributed by atoms with Crippen molar-refractivity contribution in [2.75, 3.05) is 5.32 Å². The van der Waals surface area contributed by atoms with Gasteiger partial charge in [-0.25, -0.2) is 0 Å². The third-order valence-corrected chi connectivity index (χ3v) is 3.61. The lowest BCUT2D eigenvalue weighted by atomic mass is 10.1. The Balaban J connectivity index is 2.65. The van der Waals surface area contributed by atoms with Crippen LogP contribution < -0.4 is 5.32 Å².